The fraction of sp³-hybridized carbons (Fsp3) is 0.294. The molecule has 0 saturated heterocycles. The predicted molar refractivity (Wildman–Crippen MR) is 88.0 cm³/mol. The van der Waals surface area contributed by atoms with Crippen molar-refractivity contribution in [1.82, 2.24) is 5.43 Å². The molecule has 0 radical (unpaired) electrons. The Morgan fingerprint density at radius 3 is 2.33 bits per heavy atom. The number of ether oxygens (including phenoxy) is 1. The summed E-state index contributed by atoms with van der Waals surface area (Å²) in [4.78, 5) is 0. The fourth-order valence-corrected chi connectivity index (χ4v) is 2.55. The molecule has 21 heavy (non-hydrogen) atoms. The van der Waals surface area contributed by atoms with Crippen LogP contribution < -0.4 is 16.0 Å². The minimum Gasteiger partial charge on any atom is -0.490 e. The molecule has 0 amide bonds. The molecule has 0 bridgehead atoms. The highest BCUT2D eigenvalue weighted by Gasteiger charge is 2.23. The molecule has 1 fully saturated rings. The Bertz CT molecular complexity index is 579. The van der Waals surface area contributed by atoms with Crippen LogP contribution in [0.2, 0.25) is 0 Å². The molecule has 2 aromatic rings. The first-order chi connectivity index (χ1) is 10.2. The van der Waals surface area contributed by atoms with E-state index in [0.29, 0.717) is 6.10 Å². The van der Waals surface area contributed by atoms with Gasteiger partial charge in [-0.3, -0.25) is 11.3 Å². The third-order valence-electron chi connectivity index (χ3n) is 3.66. The third-order valence-corrected chi connectivity index (χ3v) is 4.19. The lowest BCUT2D eigenvalue weighted by atomic mass is 9.99. The zero-order valence-electron chi connectivity index (χ0n) is 11.8. The molecule has 1 saturated carbocycles. The first-order valence-electron chi connectivity index (χ1n) is 7.22. The van der Waals surface area contributed by atoms with E-state index in [1.54, 1.807) is 0 Å². The van der Waals surface area contributed by atoms with Crippen molar-refractivity contribution in [2.75, 3.05) is 0 Å². The fourth-order valence-electron chi connectivity index (χ4n) is 2.29. The summed E-state index contributed by atoms with van der Waals surface area (Å²) < 4.78 is 6.86. The van der Waals surface area contributed by atoms with Crippen molar-refractivity contribution in [3.63, 3.8) is 0 Å². The van der Waals surface area contributed by atoms with Crippen LogP contribution in [-0.2, 0) is 6.42 Å². The summed E-state index contributed by atoms with van der Waals surface area (Å²) in [5, 5.41) is 0. The molecule has 2 aromatic carbocycles. The van der Waals surface area contributed by atoms with Gasteiger partial charge in [0.25, 0.3) is 0 Å². The van der Waals surface area contributed by atoms with E-state index in [1.165, 1.54) is 24.0 Å². The Hall–Kier alpha value is -1.36. The van der Waals surface area contributed by atoms with Gasteiger partial charge in [0.15, 0.2) is 0 Å². The number of rotatable bonds is 6. The van der Waals surface area contributed by atoms with Crippen molar-refractivity contribution in [2.24, 2.45) is 5.84 Å². The molecule has 1 aliphatic carbocycles. The number of hydrogen-bond acceptors (Lipinski definition) is 3. The van der Waals surface area contributed by atoms with Gasteiger partial charge in [0, 0.05) is 10.5 Å². The van der Waals surface area contributed by atoms with Crippen molar-refractivity contribution in [3.8, 4) is 5.75 Å². The van der Waals surface area contributed by atoms with Crippen LogP contribution in [0.5, 0.6) is 5.75 Å². The molecule has 1 unspecified atom stereocenters. The Morgan fingerprint density at radius 1 is 1.10 bits per heavy atom. The number of benzene rings is 2. The predicted octanol–water partition coefficient (Wildman–Crippen LogP) is 3.74. The van der Waals surface area contributed by atoms with Gasteiger partial charge in [-0.05, 0) is 54.7 Å². The minimum atomic E-state index is 0.0983. The van der Waals surface area contributed by atoms with E-state index in [1.807, 2.05) is 12.1 Å². The zero-order valence-corrected chi connectivity index (χ0v) is 13.3. The van der Waals surface area contributed by atoms with Crippen molar-refractivity contribution in [1.29, 1.82) is 0 Å². The SMILES string of the molecule is NNC(Cc1ccc(Br)cc1)c1ccc(OC2CC2)cc1. The maximum absolute atomic E-state index is 5.77. The molecule has 3 rings (SSSR count). The Morgan fingerprint density at radius 2 is 1.76 bits per heavy atom. The Labute approximate surface area is 133 Å². The maximum Gasteiger partial charge on any atom is 0.119 e. The van der Waals surface area contributed by atoms with E-state index in [0.717, 1.165) is 16.6 Å². The summed E-state index contributed by atoms with van der Waals surface area (Å²) in [7, 11) is 0. The molecule has 110 valence electrons. The normalized spacial score (nSPS) is 15.7. The number of nitrogens with two attached hydrogens (primary N) is 1. The van der Waals surface area contributed by atoms with Gasteiger partial charge in [-0.25, -0.2) is 0 Å². The Kier molecular flexibility index (Phi) is 4.58. The van der Waals surface area contributed by atoms with Crippen LogP contribution >= 0.6 is 15.9 Å². The van der Waals surface area contributed by atoms with E-state index >= 15 is 0 Å². The average Bonchev–Trinajstić information content (AvgIpc) is 3.32. The van der Waals surface area contributed by atoms with Crippen LogP contribution in [0.4, 0.5) is 0 Å². The van der Waals surface area contributed by atoms with Crippen molar-refractivity contribution in [3.05, 3.63) is 64.1 Å². The van der Waals surface area contributed by atoms with Crippen LogP contribution in [0.1, 0.15) is 30.0 Å². The smallest absolute Gasteiger partial charge is 0.119 e. The molecule has 3 nitrogen and oxygen atoms in total. The van der Waals surface area contributed by atoms with Crippen LogP contribution in [0, 0.1) is 0 Å². The highest BCUT2D eigenvalue weighted by Crippen LogP contribution is 2.28. The van der Waals surface area contributed by atoms with Crippen LogP contribution in [-0.4, -0.2) is 6.10 Å². The van der Waals surface area contributed by atoms with E-state index < -0.39 is 0 Å². The molecule has 0 heterocycles. The van der Waals surface area contributed by atoms with Gasteiger partial charge in [0.05, 0.1) is 6.10 Å². The average molecular weight is 347 g/mol. The molecule has 0 spiro atoms. The molecule has 4 heteroatoms. The standard InChI is InChI=1S/C17H19BrN2O/c18-14-5-1-12(2-6-14)11-17(20-19)13-3-7-15(8-4-13)21-16-9-10-16/h1-8,16-17,20H,9-11,19H2. The lowest BCUT2D eigenvalue weighted by molar-refractivity contribution is 0.303. The van der Waals surface area contributed by atoms with Gasteiger partial charge < -0.3 is 4.74 Å². The summed E-state index contributed by atoms with van der Waals surface area (Å²) >= 11 is 3.45. The molecule has 1 aliphatic rings. The molecule has 0 aromatic heterocycles. The summed E-state index contributed by atoms with van der Waals surface area (Å²) in [6.07, 6.45) is 3.64. The van der Waals surface area contributed by atoms with Crippen molar-refractivity contribution >= 4 is 15.9 Å². The number of hydrogen-bond donors (Lipinski definition) is 2. The topological polar surface area (TPSA) is 47.3 Å². The molecular weight excluding hydrogens is 328 g/mol. The highest BCUT2D eigenvalue weighted by molar-refractivity contribution is 9.10. The first kappa shape index (κ1) is 14.6. The first-order valence-corrected chi connectivity index (χ1v) is 8.01. The minimum absolute atomic E-state index is 0.0983. The summed E-state index contributed by atoms with van der Waals surface area (Å²) in [6.45, 7) is 0. The lowest BCUT2D eigenvalue weighted by Crippen LogP contribution is -2.29. The van der Waals surface area contributed by atoms with Crippen LogP contribution in [0.15, 0.2) is 53.0 Å². The number of hydrazine groups is 1. The molecule has 0 aliphatic heterocycles. The van der Waals surface area contributed by atoms with Gasteiger partial charge in [0.2, 0.25) is 0 Å². The number of halogens is 1. The van der Waals surface area contributed by atoms with E-state index in [4.69, 9.17) is 10.6 Å². The summed E-state index contributed by atoms with van der Waals surface area (Å²) in [5.74, 6) is 6.67. The molecular formula is C17H19BrN2O. The van der Waals surface area contributed by atoms with Crippen molar-refractivity contribution in [2.45, 2.75) is 31.4 Å². The lowest BCUT2D eigenvalue weighted by Gasteiger charge is -2.17. The quantitative estimate of drug-likeness (QED) is 0.618. The number of nitrogens with one attached hydrogen (secondary N) is 1. The van der Waals surface area contributed by atoms with Crippen molar-refractivity contribution < 1.29 is 4.74 Å². The summed E-state index contributed by atoms with van der Waals surface area (Å²) in [6, 6.07) is 16.6. The van der Waals surface area contributed by atoms with E-state index in [-0.39, 0.29) is 6.04 Å². The summed E-state index contributed by atoms with van der Waals surface area (Å²) in [5.41, 5.74) is 5.32. The van der Waals surface area contributed by atoms with Crippen LogP contribution in [0.3, 0.4) is 0 Å². The highest BCUT2D eigenvalue weighted by atomic mass is 79.9. The van der Waals surface area contributed by atoms with Gasteiger partial charge in [0.1, 0.15) is 5.75 Å². The molecule has 3 N–H and O–H groups in total. The van der Waals surface area contributed by atoms with Crippen LogP contribution in [0.25, 0.3) is 0 Å². The second-order valence-electron chi connectivity index (χ2n) is 5.44. The zero-order chi connectivity index (χ0) is 14.7. The third kappa shape index (κ3) is 4.06. The van der Waals surface area contributed by atoms with Gasteiger partial charge in [-0.1, -0.05) is 40.2 Å². The van der Waals surface area contributed by atoms with Gasteiger partial charge in [-0.15, -0.1) is 0 Å². The maximum atomic E-state index is 5.77. The second-order valence-corrected chi connectivity index (χ2v) is 6.35. The Balaban J connectivity index is 1.68. The molecule has 1 atom stereocenters. The van der Waals surface area contributed by atoms with E-state index in [9.17, 15) is 0 Å². The van der Waals surface area contributed by atoms with Gasteiger partial charge >= 0.3 is 0 Å². The largest absolute Gasteiger partial charge is 0.490 e. The van der Waals surface area contributed by atoms with Gasteiger partial charge in [-0.2, -0.15) is 0 Å². The van der Waals surface area contributed by atoms with E-state index in [2.05, 4.69) is 57.8 Å². The monoisotopic (exact) mass is 346 g/mol. The second kappa shape index (κ2) is 6.60.